The van der Waals surface area contributed by atoms with E-state index in [0.29, 0.717) is 6.04 Å². The lowest BCUT2D eigenvalue weighted by Crippen LogP contribution is -2.43. The summed E-state index contributed by atoms with van der Waals surface area (Å²) in [6.45, 7) is 14.9. The summed E-state index contributed by atoms with van der Waals surface area (Å²) in [6.07, 6.45) is 6.71. The Morgan fingerprint density at radius 2 is 2.12 bits per heavy atom. The van der Waals surface area contributed by atoms with Crippen molar-refractivity contribution in [1.82, 2.24) is 20.1 Å². The number of nitrogens with one attached hydrogen (secondary N) is 1. The molecular formula is C20H33N5S. The standard InChI is InChI=1S/C20H33N5S/c1-5-21-19(25-13-9-16(14-25)24-11-6-7-12-24)22-10-8-18-23-17(15-26-18)20(2,3)4/h6-7,15-16H,5,8-14H2,1-4H3,(H,21,22). The number of guanidine groups is 1. The van der Waals surface area contributed by atoms with Gasteiger partial charge in [0.2, 0.25) is 0 Å². The van der Waals surface area contributed by atoms with E-state index in [1.54, 1.807) is 11.3 Å². The van der Waals surface area contributed by atoms with Gasteiger partial charge in [-0.2, -0.15) is 0 Å². The van der Waals surface area contributed by atoms with Crippen LogP contribution in [0, 0.1) is 0 Å². The molecule has 1 aromatic heterocycles. The van der Waals surface area contributed by atoms with E-state index in [9.17, 15) is 0 Å². The molecule has 3 rings (SSSR count). The summed E-state index contributed by atoms with van der Waals surface area (Å²) in [4.78, 5) is 14.7. The predicted octanol–water partition coefficient (Wildman–Crippen LogP) is 2.89. The Balaban J connectivity index is 1.55. The Labute approximate surface area is 162 Å². The molecule has 144 valence electrons. The first-order valence-corrected chi connectivity index (χ1v) is 10.7. The monoisotopic (exact) mass is 375 g/mol. The van der Waals surface area contributed by atoms with E-state index in [-0.39, 0.29) is 5.41 Å². The Morgan fingerprint density at radius 1 is 1.35 bits per heavy atom. The topological polar surface area (TPSA) is 43.8 Å². The molecule has 1 unspecified atom stereocenters. The van der Waals surface area contributed by atoms with Crippen LogP contribution in [0.5, 0.6) is 0 Å². The van der Waals surface area contributed by atoms with E-state index < -0.39 is 0 Å². The van der Waals surface area contributed by atoms with Crippen molar-refractivity contribution in [3.63, 3.8) is 0 Å². The van der Waals surface area contributed by atoms with Gasteiger partial charge in [0.1, 0.15) is 0 Å². The summed E-state index contributed by atoms with van der Waals surface area (Å²) in [5.74, 6) is 1.06. The van der Waals surface area contributed by atoms with Crippen molar-refractivity contribution in [2.75, 3.05) is 39.3 Å². The first-order chi connectivity index (χ1) is 12.5. The van der Waals surface area contributed by atoms with E-state index in [0.717, 1.165) is 51.6 Å². The van der Waals surface area contributed by atoms with Gasteiger partial charge < -0.3 is 10.2 Å². The van der Waals surface area contributed by atoms with Crippen molar-refractivity contribution in [1.29, 1.82) is 0 Å². The molecule has 0 aromatic carbocycles. The van der Waals surface area contributed by atoms with Crippen molar-refractivity contribution in [3.05, 3.63) is 28.2 Å². The van der Waals surface area contributed by atoms with E-state index in [4.69, 9.17) is 9.98 Å². The largest absolute Gasteiger partial charge is 0.357 e. The van der Waals surface area contributed by atoms with Crippen LogP contribution in [-0.4, -0.2) is 66.1 Å². The summed E-state index contributed by atoms with van der Waals surface area (Å²) in [5.41, 5.74) is 1.32. The van der Waals surface area contributed by atoms with Crippen LogP contribution in [0.4, 0.5) is 0 Å². The summed E-state index contributed by atoms with van der Waals surface area (Å²) >= 11 is 1.76. The van der Waals surface area contributed by atoms with Gasteiger partial charge >= 0.3 is 0 Å². The molecule has 1 atom stereocenters. The molecule has 1 saturated heterocycles. The second-order valence-electron chi connectivity index (χ2n) is 8.18. The molecule has 6 heteroatoms. The quantitative estimate of drug-likeness (QED) is 0.488. The van der Waals surface area contributed by atoms with Crippen LogP contribution in [0.3, 0.4) is 0 Å². The second-order valence-corrected chi connectivity index (χ2v) is 9.12. The molecule has 0 bridgehead atoms. The van der Waals surface area contributed by atoms with Gasteiger partial charge in [-0.05, 0) is 13.3 Å². The first-order valence-electron chi connectivity index (χ1n) is 9.84. The highest BCUT2D eigenvalue weighted by Gasteiger charge is 2.29. The highest BCUT2D eigenvalue weighted by molar-refractivity contribution is 7.09. The minimum absolute atomic E-state index is 0.127. The molecule has 1 aromatic rings. The normalized spacial score (nSPS) is 21.8. The molecule has 2 aliphatic heterocycles. The number of rotatable bonds is 5. The maximum Gasteiger partial charge on any atom is 0.193 e. The van der Waals surface area contributed by atoms with E-state index in [2.05, 4.69) is 60.3 Å². The molecule has 0 aliphatic carbocycles. The van der Waals surface area contributed by atoms with Gasteiger partial charge in [0, 0.05) is 62.5 Å². The SMILES string of the molecule is CCNC(=NCCc1nc(C(C)(C)C)cs1)N1CCC(N2CC=CC2)C1. The molecule has 2 aliphatic rings. The number of aromatic nitrogens is 1. The molecule has 0 radical (unpaired) electrons. The summed E-state index contributed by atoms with van der Waals surface area (Å²) < 4.78 is 0. The number of aliphatic imine (C=N–C) groups is 1. The van der Waals surface area contributed by atoms with Crippen molar-refractivity contribution in [2.45, 2.75) is 52.0 Å². The molecule has 1 N–H and O–H groups in total. The van der Waals surface area contributed by atoms with Gasteiger partial charge in [-0.3, -0.25) is 9.89 Å². The van der Waals surface area contributed by atoms with E-state index in [1.807, 2.05) is 0 Å². The maximum absolute atomic E-state index is 4.89. The lowest BCUT2D eigenvalue weighted by Gasteiger charge is -2.25. The Morgan fingerprint density at radius 3 is 2.77 bits per heavy atom. The van der Waals surface area contributed by atoms with Crippen LogP contribution >= 0.6 is 11.3 Å². The highest BCUT2D eigenvalue weighted by atomic mass is 32.1. The zero-order valence-electron chi connectivity index (χ0n) is 16.7. The van der Waals surface area contributed by atoms with Crippen molar-refractivity contribution < 1.29 is 0 Å². The van der Waals surface area contributed by atoms with Crippen molar-refractivity contribution in [3.8, 4) is 0 Å². The first kappa shape index (κ1) is 19.4. The number of nitrogens with zero attached hydrogens (tertiary/aromatic N) is 4. The van der Waals surface area contributed by atoms with Crippen molar-refractivity contribution in [2.24, 2.45) is 4.99 Å². The van der Waals surface area contributed by atoms with Crippen LogP contribution in [-0.2, 0) is 11.8 Å². The predicted molar refractivity (Wildman–Crippen MR) is 111 cm³/mol. The Kier molecular flexibility index (Phi) is 6.35. The molecule has 0 saturated carbocycles. The summed E-state index contributed by atoms with van der Waals surface area (Å²) in [6, 6.07) is 0.655. The van der Waals surface area contributed by atoms with Crippen molar-refractivity contribution >= 4 is 17.3 Å². The van der Waals surface area contributed by atoms with E-state index in [1.165, 1.54) is 17.1 Å². The van der Waals surface area contributed by atoms with Gasteiger partial charge in [0.15, 0.2) is 5.96 Å². The Bertz CT molecular complexity index is 635. The third-order valence-corrected chi connectivity index (χ3v) is 5.98. The minimum Gasteiger partial charge on any atom is -0.357 e. The average molecular weight is 376 g/mol. The second kappa shape index (κ2) is 8.53. The third kappa shape index (κ3) is 4.86. The number of thiazole rings is 1. The fourth-order valence-electron chi connectivity index (χ4n) is 3.48. The van der Waals surface area contributed by atoms with Crippen LogP contribution in [0.2, 0.25) is 0 Å². The van der Waals surface area contributed by atoms with Crippen LogP contribution in [0.1, 0.15) is 44.8 Å². The third-order valence-electron chi connectivity index (χ3n) is 5.07. The van der Waals surface area contributed by atoms with Crippen LogP contribution in [0.25, 0.3) is 0 Å². The number of hydrogen-bond donors (Lipinski definition) is 1. The van der Waals surface area contributed by atoms with Gasteiger partial charge in [-0.15, -0.1) is 11.3 Å². The molecule has 1 fully saturated rings. The molecule has 3 heterocycles. The lowest BCUT2D eigenvalue weighted by atomic mass is 9.93. The van der Waals surface area contributed by atoms with Gasteiger partial charge in [0.25, 0.3) is 0 Å². The molecule has 5 nitrogen and oxygen atoms in total. The fourth-order valence-corrected chi connectivity index (χ4v) is 4.49. The maximum atomic E-state index is 4.89. The zero-order chi connectivity index (χ0) is 18.6. The Hall–Kier alpha value is -1.40. The lowest BCUT2D eigenvalue weighted by molar-refractivity contribution is 0.259. The van der Waals surface area contributed by atoms with E-state index >= 15 is 0 Å². The number of hydrogen-bond acceptors (Lipinski definition) is 4. The van der Waals surface area contributed by atoms with Gasteiger partial charge in [0.05, 0.1) is 10.7 Å². The highest BCUT2D eigenvalue weighted by Crippen LogP contribution is 2.24. The molecule has 0 amide bonds. The van der Waals surface area contributed by atoms with Crippen LogP contribution < -0.4 is 5.32 Å². The van der Waals surface area contributed by atoms with Gasteiger partial charge in [-0.25, -0.2) is 4.98 Å². The average Bonchev–Trinajstić information content (AvgIpc) is 3.33. The van der Waals surface area contributed by atoms with Crippen LogP contribution in [0.15, 0.2) is 22.5 Å². The molecular weight excluding hydrogens is 342 g/mol. The summed E-state index contributed by atoms with van der Waals surface area (Å²) in [5, 5.41) is 6.86. The van der Waals surface area contributed by atoms with Gasteiger partial charge in [-0.1, -0.05) is 32.9 Å². The fraction of sp³-hybridized carbons (Fsp3) is 0.700. The molecule has 26 heavy (non-hydrogen) atoms. The molecule has 0 spiro atoms. The summed E-state index contributed by atoms with van der Waals surface area (Å²) in [7, 11) is 0. The smallest absolute Gasteiger partial charge is 0.193 e. The minimum atomic E-state index is 0.127. The number of likely N-dealkylation sites (tertiary alicyclic amines) is 1. The zero-order valence-corrected chi connectivity index (χ0v) is 17.5.